The van der Waals surface area contributed by atoms with E-state index in [1.165, 1.54) is 64.7 Å². The maximum atomic E-state index is 3.57. The molecular weight excluding hydrogens is 196 g/mol. The van der Waals surface area contributed by atoms with Crippen molar-refractivity contribution >= 4 is 0 Å². The van der Waals surface area contributed by atoms with Crippen LogP contribution in [0.1, 0.15) is 45.4 Å². The van der Waals surface area contributed by atoms with Crippen molar-refractivity contribution in [2.75, 3.05) is 26.2 Å². The summed E-state index contributed by atoms with van der Waals surface area (Å²) in [4.78, 5) is 2.84. The van der Waals surface area contributed by atoms with Crippen molar-refractivity contribution < 1.29 is 0 Å². The normalized spacial score (nSPS) is 34.9. The van der Waals surface area contributed by atoms with Crippen molar-refractivity contribution in [2.24, 2.45) is 11.3 Å². The van der Waals surface area contributed by atoms with Gasteiger partial charge in [0.15, 0.2) is 0 Å². The molecule has 2 aliphatic carbocycles. The average molecular weight is 222 g/mol. The van der Waals surface area contributed by atoms with Crippen LogP contribution in [0.4, 0.5) is 0 Å². The molecule has 3 fully saturated rings. The van der Waals surface area contributed by atoms with Gasteiger partial charge in [0, 0.05) is 25.7 Å². The lowest BCUT2D eigenvalue weighted by Gasteiger charge is -2.34. The molecule has 0 spiro atoms. The summed E-state index contributed by atoms with van der Waals surface area (Å²) in [5.74, 6) is 1.06. The van der Waals surface area contributed by atoms with E-state index in [4.69, 9.17) is 0 Å². The van der Waals surface area contributed by atoms with Crippen molar-refractivity contribution in [1.82, 2.24) is 10.2 Å². The van der Waals surface area contributed by atoms with Gasteiger partial charge in [-0.3, -0.25) is 4.90 Å². The number of rotatable bonds is 6. The highest BCUT2D eigenvalue weighted by Crippen LogP contribution is 2.39. The van der Waals surface area contributed by atoms with Gasteiger partial charge >= 0.3 is 0 Å². The Labute approximate surface area is 99.8 Å². The zero-order valence-electron chi connectivity index (χ0n) is 10.7. The molecule has 0 amide bonds. The molecule has 1 atom stereocenters. The van der Waals surface area contributed by atoms with Gasteiger partial charge in [-0.05, 0) is 56.4 Å². The van der Waals surface area contributed by atoms with Crippen LogP contribution in [0, 0.1) is 11.3 Å². The third kappa shape index (κ3) is 2.43. The highest BCUT2D eigenvalue weighted by molar-refractivity contribution is 4.95. The molecule has 0 bridgehead atoms. The second-order valence-electron chi connectivity index (χ2n) is 6.38. The maximum absolute atomic E-state index is 3.57. The molecule has 1 unspecified atom stereocenters. The van der Waals surface area contributed by atoms with E-state index in [2.05, 4.69) is 17.1 Å². The standard InChI is InChI=1S/C14H26N2/c1-2-14(7-8-15-10-14)11-16(13-5-6-13)9-12-3-4-12/h12-13,15H,2-11H2,1H3. The minimum absolute atomic E-state index is 0.609. The Morgan fingerprint density at radius 2 is 2.06 bits per heavy atom. The zero-order valence-corrected chi connectivity index (χ0v) is 10.7. The molecule has 3 aliphatic rings. The molecule has 2 saturated carbocycles. The maximum Gasteiger partial charge on any atom is 0.00967 e. The molecule has 0 radical (unpaired) electrons. The largest absolute Gasteiger partial charge is 0.316 e. The summed E-state index contributed by atoms with van der Waals surface area (Å²) in [5, 5.41) is 3.57. The van der Waals surface area contributed by atoms with Crippen LogP contribution in [0.15, 0.2) is 0 Å². The van der Waals surface area contributed by atoms with E-state index in [9.17, 15) is 0 Å². The first kappa shape index (κ1) is 11.0. The molecule has 92 valence electrons. The third-order valence-electron chi connectivity index (χ3n) is 4.87. The lowest BCUT2D eigenvalue weighted by Crippen LogP contribution is -2.41. The van der Waals surface area contributed by atoms with Crippen LogP contribution in [0.2, 0.25) is 0 Å². The highest BCUT2D eigenvalue weighted by atomic mass is 15.2. The molecule has 0 aromatic heterocycles. The van der Waals surface area contributed by atoms with Crippen molar-refractivity contribution in [3.05, 3.63) is 0 Å². The van der Waals surface area contributed by atoms with Crippen molar-refractivity contribution in [1.29, 1.82) is 0 Å². The lowest BCUT2D eigenvalue weighted by molar-refractivity contribution is 0.146. The molecule has 0 aromatic rings. The number of nitrogens with zero attached hydrogens (tertiary/aromatic N) is 1. The predicted octanol–water partition coefficient (Wildman–Crippen LogP) is 2.25. The van der Waals surface area contributed by atoms with E-state index in [1.807, 2.05) is 0 Å². The monoisotopic (exact) mass is 222 g/mol. The van der Waals surface area contributed by atoms with E-state index in [0.29, 0.717) is 5.41 Å². The molecule has 0 aromatic carbocycles. The van der Waals surface area contributed by atoms with Gasteiger partial charge in [-0.2, -0.15) is 0 Å². The van der Waals surface area contributed by atoms with Gasteiger partial charge in [0.05, 0.1) is 0 Å². The first-order chi connectivity index (χ1) is 7.81. The molecule has 1 saturated heterocycles. The minimum Gasteiger partial charge on any atom is -0.316 e. The summed E-state index contributed by atoms with van der Waals surface area (Å²) in [7, 11) is 0. The smallest absolute Gasteiger partial charge is 0.00967 e. The molecule has 16 heavy (non-hydrogen) atoms. The van der Waals surface area contributed by atoms with Crippen LogP contribution in [-0.4, -0.2) is 37.1 Å². The van der Waals surface area contributed by atoms with Gasteiger partial charge < -0.3 is 5.32 Å². The first-order valence-electron chi connectivity index (χ1n) is 7.26. The fourth-order valence-electron chi connectivity index (χ4n) is 3.19. The van der Waals surface area contributed by atoms with E-state index in [0.717, 1.165) is 12.0 Å². The third-order valence-corrected chi connectivity index (χ3v) is 4.87. The fourth-order valence-corrected chi connectivity index (χ4v) is 3.19. The van der Waals surface area contributed by atoms with Gasteiger partial charge in [-0.25, -0.2) is 0 Å². The Morgan fingerprint density at radius 3 is 2.56 bits per heavy atom. The molecule has 1 heterocycles. The Bertz CT molecular complexity index is 237. The van der Waals surface area contributed by atoms with Gasteiger partial charge in [-0.15, -0.1) is 0 Å². The summed E-state index contributed by atoms with van der Waals surface area (Å²) < 4.78 is 0. The Hall–Kier alpha value is -0.0800. The summed E-state index contributed by atoms with van der Waals surface area (Å²) in [6.07, 6.45) is 8.70. The summed E-state index contributed by atoms with van der Waals surface area (Å²) >= 11 is 0. The lowest BCUT2D eigenvalue weighted by atomic mass is 9.83. The van der Waals surface area contributed by atoms with Gasteiger partial charge in [-0.1, -0.05) is 6.92 Å². The zero-order chi connectivity index (χ0) is 11.0. The SMILES string of the molecule is CCC1(CN(CC2CC2)C2CC2)CCNC1. The van der Waals surface area contributed by atoms with Crippen LogP contribution in [-0.2, 0) is 0 Å². The van der Waals surface area contributed by atoms with Gasteiger partial charge in [0.25, 0.3) is 0 Å². The number of nitrogens with one attached hydrogen (secondary N) is 1. The fraction of sp³-hybridized carbons (Fsp3) is 1.00. The molecule has 1 aliphatic heterocycles. The molecule has 2 heteroatoms. The van der Waals surface area contributed by atoms with Crippen molar-refractivity contribution in [3.8, 4) is 0 Å². The number of hydrogen-bond donors (Lipinski definition) is 1. The van der Waals surface area contributed by atoms with Crippen LogP contribution >= 0.6 is 0 Å². The average Bonchev–Trinajstić information content (AvgIpc) is 3.19. The van der Waals surface area contributed by atoms with Crippen molar-refractivity contribution in [3.63, 3.8) is 0 Å². The van der Waals surface area contributed by atoms with Gasteiger partial charge in [0.2, 0.25) is 0 Å². The Kier molecular flexibility index (Phi) is 2.97. The quantitative estimate of drug-likeness (QED) is 0.741. The number of hydrogen-bond acceptors (Lipinski definition) is 2. The molecular formula is C14H26N2. The Balaban J connectivity index is 1.59. The van der Waals surface area contributed by atoms with Crippen LogP contribution in [0.5, 0.6) is 0 Å². The predicted molar refractivity (Wildman–Crippen MR) is 67.5 cm³/mol. The van der Waals surface area contributed by atoms with Crippen molar-refractivity contribution in [2.45, 2.75) is 51.5 Å². The summed E-state index contributed by atoms with van der Waals surface area (Å²) in [5.41, 5.74) is 0.609. The molecule has 1 N–H and O–H groups in total. The van der Waals surface area contributed by atoms with Crippen LogP contribution in [0.3, 0.4) is 0 Å². The highest BCUT2D eigenvalue weighted by Gasteiger charge is 2.40. The van der Waals surface area contributed by atoms with Gasteiger partial charge in [0.1, 0.15) is 0 Å². The van der Waals surface area contributed by atoms with E-state index in [1.54, 1.807) is 0 Å². The van der Waals surface area contributed by atoms with E-state index in [-0.39, 0.29) is 0 Å². The summed E-state index contributed by atoms with van der Waals surface area (Å²) in [6, 6.07) is 0.963. The second kappa shape index (κ2) is 4.30. The van der Waals surface area contributed by atoms with E-state index < -0.39 is 0 Å². The first-order valence-corrected chi connectivity index (χ1v) is 7.26. The minimum atomic E-state index is 0.609. The second-order valence-corrected chi connectivity index (χ2v) is 6.38. The van der Waals surface area contributed by atoms with Crippen LogP contribution in [0.25, 0.3) is 0 Å². The molecule has 3 rings (SSSR count). The molecule has 2 nitrogen and oxygen atoms in total. The van der Waals surface area contributed by atoms with Crippen LogP contribution < -0.4 is 5.32 Å². The van der Waals surface area contributed by atoms with E-state index >= 15 is 0 Å². The Morgan fingerprint density at radius 1 is 1.25 bits per heavy atom. The topological polar surface area (TPSA) is 15.3 Å². The summed E-state index contributed by atoms with van der Waals surface area (Å²) in [6.45, 7) is 7.67.